The van der Waals surface area contributed by atoms with E-state index in [0.29, 0.717) is 6.61 Å². The minimum absolute atomic E-state index is 0.000556. The third-order valence-electron chi connectivity index (χ3n) is 1.99. The fourth-order valence-electron chi connectivity index (χ4n) is 1.35. The van der Waals surface area contributed by atoms with Gasteiger partial charge in [0.15, 0.2) is 0 Å². The Kier molecular flexibility index (Phi) is 2.30. The Hall–Kier alpha value is -0.530. The maximum Gasteiger partial charge on any atom is 0.308 e. The number of hydrogen-bond acceptors (Lipinski definition) is 2. The van der Waals surface area contributed by atoms with Crippen molar-refractivity contribution in [3.05, 3.63) is 0 Å². The van der Waals surface area contributed by atoms with E-state index in [4.69, 9.17) is 4.74 Å². The highest BCUT2D eigenvalue weighted by atomic mass is 16.5. The average molecular weight is 142 g/mol. The number of rotatable bonds is 2. The Morgan fingerprint density at radius 1 is 1.60 bits per heavy atom. The Labute approximate surface area is 61.6 Å². The smallest absolute Gasteiger partial charge is 0.308 e. The van der Waals surface area contributed by atoms with Crippen molar-refractivity contribution in [2.75, 3.05) is 6.61 Å². The second kappa shape index (κ2) is 3.04. The SMILES string of the molecule is CCOC(=O)[C@H]1C[C@H](C)C1. The average Bonchev–Trinajstić information content (AvgIpc) is 1.82. The van der Waals surface area contributed by atoms with Gasteiger partial charge in [-0.15, -0.1) is 0 Å². The second-order valence-electron chi connectivity index (χ2n) is 3.03. The van der Waals surface area contributed by atoms with E-state index in [1.165, 1.54) is 0 Å². The molecular formula is C8H14O2. The lowest BCUT2D eigenvalue weighted by atomic mass is 9.76. The number of ether oxygens (including phenoxy) is 1. The minimum atomic E-state index is 0.000556. The summed E-state index contributed by atoms with van der Waals surface area (Å²) in [4.78, 5) is 10.9. The summed E-state index contributed by atoms with van der Waals surface area (Å²) in [6.45, 7) is 4.53. The van der Waals surface area contributed by atoms with E-state index in [1.807, 2.05) is 6.92 Å². The molecule has 10 heavy (non-hydrogen) atoms. The molecule has 1 aliphatic carbocycles. The van der Waals surface area contributed by atoms with E-state index in [0.717, 1.165) is 18.8 Å². The van der Waals surface area contributed by atoms with Crippen LogP contribution in [0.3, 0.4) is 0 Å². The van der Waals surface area contributed by atoms with E-state index >= 15 is 0 Å². The number of carbonyl (C=O) groups excluding carboxylic acids is 1. The first kappa shape index (κ1) is 7.58. The summed E-state index contributed by atoms with van der Waals surface area (Å²) in [5.74, 6) is 0.949. The Bertz CT molecular complexity index is 125. The summed E-state index contributed by atoms with van der Waals surface area (Å²) in [6.07, 6.45) is 2.05. The van der Waals surface area contributed by atoms with E-state index in [2.05, 4.69) is 6.92 Å². The summed E-state index contributed by atoms with van der Waals surface area (Å²) in [7, 11) is 0. The summed E-state index contributed by atoms with van der Waals surface area (Å²) in [5.41, 5.74) is 0. The predicted octanol–water partition coefficient (Wildman–Crippen LogP) is 1.60. The van der Waals surface area contributed by atoms with Crippen LogP contribution in [0.2, 0.25) is 0 Å². The van der Waals surface area contributed by atoms with Crippen LogP contribution in [0.25, 0.3) is 0 Å². The van der Waals surface area contributed by atoms with Gasteiger partial charge in [-0.2, -0.15) is 0 Å². The molecule has 0 spiro atoms. The molecule has 1 fully saturated rings. The van der Waals surface area contributed by atoms with Crippen LogP contribution in [-0.2, 0) is 9.53 Å². The van der Waals surface area contributed by atoms with Crippen molar-refractivity contribution in [1.29, 1.82) is 0 Å². The number of carbonyl (C=O) groups is 1. The van der Waals surface area contributed by atoms with Gasteiger partial charge in [-0.25, -0.2) is 0 Å². The highest BCUT2D eigenvalue weighted by molar-refractivity contribution is 5.73. The molecule has 0 aromatic rings. The highest BCUT2D eigenvalue weighted by Crippen LogP contribution is 2.33. The van der Waals surface area contributed by atoms with Crippen molar-refractivity contribution in [3.63, 3.8) is 0 Å². The fraction of sp³-hybridized carbons (Fsp3) is 0.875. The summed E-state index contributed by atoms with van der Waals surface area (Å²) >= 11 is 0. The molecule has 0 saturated heterocycles. The van der Waals surface area contributed by atoms with Gasteiger partial charge in [0.05, 0.1) is 12.5 Å². The molecule has 0 unspecified atom stereocenters. The molecule has 0 amide bonds. The largest absolute Gasteiger partial charge is 0.466 e. The predicted molar refractivity (Wildman–Crippen MR) is 38.5 cm³/mol. The molecule has 0 bridgehead atoms. The zero-order valence-electron chi connectivity index (χ0n) is 6.59. The maximum atomic E-state index is 10.9. The zero-order chi connectivity index (χ0) is 7.56. The molecule has 1 saturated carbocycles. The third-order valence-corrected chi connectivity index (χ3v) is 1.99. The van der Waals surface area contributed by atoms with Crippen LogP contribution >= 0.6 is 0 Å². The van der Waals surface area contributed by atoms with Crippen molar-refractivity contribution >= 4 is 5.97 Å². The minimum Gasteiger partial charge on any atom is -0.466 e. The van der Waals surface area contributed by atoms with E-state index < -0.39 is 0 Å². The van der Waals surface area contributed by atoms with E-state index in [9.17, 15) is 4.79 Å². The molecule has 0 heterocycles. The molecule has 58 valence electrons. The van der Waals surface area contributed by atoms with Crippen molar-refractivity contribution in [2.24, 2.45) is 11.8 Å². The van der Waals surface area contributed by atoms with Gasteiger partial charge < -0.3 is 4.74 Å². The Morgan fingerprint density at radius 3 is 2.60 bits per heavy atom. The molecule has 0 radical (unpaired) electrons. The van der Waals surface area contributed by atoms with Gasteiger partial charge in [-0.3, -0.25) is 4.79 Å². The zero-order valence-corrected chi connectivity index (χ0v) is 6.59. The van der Waals surface area contributed by atoms with Gasteiger partial charge in [0.25, 0.3) is 0 Å². The fourth-order valence-corrected chi connectivity index (χ4v) is 1.35. The van der Waals surface area contributed by atoms with E-state index in [1.54, 1.807) is 0 Å². The molecule has 2 nitrogen and oxygen atoms in total. The standard InChI is InChI=1S/C8H14O2/c1-3-10-8(9)7-4-6(2)5-7/h6-7H,3-5H2,1-2H3/t6-,7-. The van der Waals surface area contributed by atoms with Crippen LogP contribution in [0.15, 0.2) is 0 Å². The molecule has 0 N–H and O–H groups in total. The van der Waals surface area contributed by atoms with Gasteiger partial charge >= 0.3 is 5.97 Å². The van der Waals surface area contributed by atoms with Crippen LogP contribution in [0, 0.1) is 11.8 Å². The van der Waals surface area contributed by atoms with Crippen LogP contribution in [-0.4, -0.2) is 12.6 Å². The van der Waals surface area contributed by atoms with Gasteiger partial charge in [0.1, 0.15) is 0 Å². The summed E-state index contributed by atoms with van der Waals surface area (Å²) < 4.78 is 4.86. The lowest BCUT2D eigenvalue weighted by Crippen LogP contribution is -2.30. The first-order chi connectivity index (χ1) is 4.74. The highest BCUT2D eigenvalue weighted by Gasteiger charge is 2.32. The van der Waals surface area contributed by atoms with Gasteiger partial charge in [-0.1, -0.05) is 6.92 Å². The number of hydrogen-bond donors (Lipinski definition) is 0. The van der Waals surface area contributed by atoms with E-state index in [-0.39, 0.29) is 11.9 Å². The van der Waals surface area contributed by atoms with Crippen LogP contribution in [0.1, 0.15) is 26.7 Å². The molecular weight excluding hydrogens is 128 g/mol. The maximum absolute atomic E-state index is 10.9. The van der Waals surface area contributed by atoms with Crippen LogP contribution < -0.4 is 0 Å². The first-order valence-electron chi connectivity index (χ1n) is 3.90. The molecule has 1 rings (SSSR count). The van der Waals surface area contributed by atoms with Crippen molar-refractivity contribution in [3.8, 4) is 0 Å². The Morgan fingerprint density at radius 2 is 2.20 bits per heavy atom. The lowest BCUT2D eigenvalue weighted by Gasteiger charge is -2.30. The quantitative estimate of drug-likeness (QED) is 0.547. The molecule has 2 heteroatoms. The second-order valence-corrected chi connectivity index (χ2v) is 3.03. The molecule has 0 aromatic carbocycles. The molecule has 0 atom stereocenters. The third kappa shape index (κ3) is 1.49. The normalized spacial score (nSPS) is 31.0. The van der Waals surface area contributed by atoms with Crippen molar-refractivity contribution in [2.45, 2.75) is 26.7 Å². The van der Waals surface area contributed by atoms with Crippen LogP contribution in [0.4, 0.5) is 0 Å². The summed E-state index contributed by atoms with van der Waals surface area (Å²) in [5, 5.41) is 0. The van der Waals surface area contributed by atoms with Crippen molar-refractivity contribution < 1.29 is 9.53 Å². The lowest BCUT2D eigenvalue weighted by molar-refractivity contribution is -0.152. The molecule has 0 aromatic heterocycles. The van der Waals surface area contributed by atoms with Crippen molar-refractivity contribution in [1.82, 2.24) is 0 Å². The van der Waals surface area contributed by atoms with Gasteiger partial charge in [-0.05, 0) is 25.7 Å². The van der Waals surface area contributed by atoms with Gasteiger partial charge in [0.2, 0.25) is 0 Å². The number of esters is 1. The monoisotopic (exact) mass is 142 g/mol. The van der Waals surface area contributed by atoms with Gasteiger partial charge in [0, 0.05) is 0 Å². The first-order valence-corrected chi connectivity index (χ1v) is 3.90. The Balaban J connectivity index is 2.18. The molecule has 1 aliphatic rings. The van der Waals surface area contributed by atoms with Crippen LogP contribution in [0.5, 0.6) is 0 Å². The topological polar surface area (TPSA) is 26.3 Å². The molecule has 0 aliphatic heterocycles. The summed E-state index contributed by atoms with van der Waals surface area (Å²) in [6, 6.07) is 0.